The number of ether oxygens (including phenoxy) is 1. The number of carbonyl (C=O) groups is 1. The topological polar surface area (TPSA) is 26.3 Å². The maximum absolute atomic E-state index is 10.9. The van der Waals surface area contributed by atoms with Crippen molar-refractivity contribution in [3.05, 3.63) is 12.2 Å². The average molecular weight is 280 g/mol. The van der Waals surface area contributed by atoms with Gasteiger partial charge in [-0.25, -0.2) is 0 Å². The molecule has 2 heteroatoms. The number of hydrogen-bond donors (Lipinski definition) is 0. The van der Waals surface area contributed by atoms with Crippen LogP contribution in [0, 0.1) is 0 Å². The Hall–Kier alpha value is -0.790. The van der Waals surface area contributed by atoms with E-state index in [-0.39, 0.29) is 12.1 Å². The molecule has 1 fully saturated rings. The lowest BCUT2D eigenvalue weighted by molar-refractivity contribution is -0.141. The highest BCUT2D eigenvalue weighted by Crippen LogP contribution is 2.19. The number of esters is 1. The summed E-state index contributed by atoms with van der Waals surface area (Å²) in [6.07, 6.45) is 20.6. The Labute approximate surface area is 125 Å². The summed E-state index contributed by atoms with van der Waals surface area (Å²) in [6, 6.07) is 0. The van der Waals surface area contributed by atoms with Crippen molar-refractivity contribution >= 4 is 5.97 Å². The van der Waals surface area contributed by atoms with Crippen LogP contribution in [-0.2, 0) is 9.53 Å². The second-order valence-electron chi connectivity index (χ2n) is 5.96. The molecule has 20 heavy (non-hydrogen) atoms. The summed E-state index contributed by atoms with van der Waals surface area (Å²) in [5.41, 5.74) is 0. The van der Waals surface area contributed by atoms with E-state index in [0.29, 0.717) is 6.42 Å². The first kappa shape index (κ1) is 17.3. The van der Waals surface area contributed by atoms with Gasteiger partial charge in [-0.3, -0.25) is 4.79 Å². The highest BCUT2D eigenvalue weighted by atomic mass is 16.5. The van der Waals surface area contributed by atoms with Crippen LogP contribution in [0.2, 0.25) is 0 Å². The fourth-order valence-corrected chi connectivity index (χ4v) is 2.70. The molecule has 2 nitrogen and oxygen atoms in total. The minimum Gasteiger partial charge on any atom is -0.462 e. The second-order valence-corrected chi connectivity index (χ2v) is 5.96. The third-order valence-electron chi connectivity index (χ3n) is 4.01. The highest BCUT2D eigenvalue weighted by Gasteiger charge is 2.22. The quantitative estimate of drug-likeness (QED) is 0.266. The smallest absolute Gasteiger partial charge is 0.306 e. The Kier molecular flexibility index (Phi) is 10.3. The van der Waals surface area contributed by atoms with Crippen LogP contribution >= 0.6 is 0 Å². The standard InChI is InChI=1S/C18H32O2/c1-2-3-4-5-6-7-8-9-10-11-12-13-14-17-15-16-18(19)20-17/h9-10,17H,2-8,11-16H2,1H3/b10-9-/t17-/m1/s1. The van der Waals surface area contributed by atoms with E-state index in [9.17, 15) is 4.79 Å². The van der Waals surface area contributed by atoms with Crippen LogP contribution in [0.4, 0.5) is 0 Å². The Bertz CT molecular complexity index is 271. The normalized spacial score (nSPS) is 18.9. The first-order chi connectivity index (χ1) is 9.83. The number of unbranched alkanes of at least 4 members (excludes halogenated alkanes) is 8. The Morgan fingerprint density at radius 1 is 1.00 bits per heavy atom. The van der Waals surface area contributed by atoms with Gasteiger partial charge >= 0.3 is 5.97 Å². The van der Waals surface area contributed by atoms with Gasteiger partial charge in [0.25, 0.3) is 0 Å². The summed E-state index contributed by atoms with van der Waals surface area (Å²) in [6.45, 7) is 2.26. The van der Waals surface area contributed by atoms with Crippen LogP contribution in [0.1, 0.15) is 90.4 Å². The minimum absolute atomic E-state index is 0.00571. The third-order valence-corrected chi connectivity index (χ3v) is 4.01. The van der Waals surface area contributed by atoms with Crippen LogP contribution in [-0.4, -0.2) is 12.1 Å². The van der Waals surface area contributed by atoms with E-state index in [0.717, 1.165) is 12.8 Å². The van der Waals surface area contributed by atoms with Gasteiger partial charge in [0.05, 0.1) is 0 Å². The minimum atomic E-state index is -0.00571. The number of rotatable bonds is 12. The molecule has 116 valence electrons. The van der Waals surface area contributed by atoms with Gasteiger partial charge in [0.2, 0.25) is 0 Å². The van der Waals surface area contributed by atoms with E-state index in [1.165, 1.54) is 64.2 Å². The van der Waals surface area contributed by atoms with Gasteiger partial charge in [0.15, 0.2) is 0 Å². The highest BCUT2D eigenvalue weighted by molar-refractivity contribution is 5.71. The predicted octanol–water partition coefficient (Wildman–Crippen LogP) is 5.56. The number of cyclic esters (lactones) is 1. The summed E-state index contributed by atoms with van der Waals surface area (Å²) in [7, 11) is 0. The molecular formula is C18H32O2. The van der Waals surface area contributed by atoms with Crippen LogP contribution in [0.5, 0.6) is 0 Å². The third kappa shape index (κ3) is 9.17. The van der Waals surface area contributed by atoms with Crippen molar-refractivity contribution in [2.45, 2.75) is 96.5 Å². The molecule has 1 aliphatic heterocycles. The Morgan fingerprint density at radius 3 is 2.30 bits per heavy atom. The second kappa shape index (κ2) is 12.0. The van der Waals surface area contributed by atoms with E-state index >= 15 is 0 Å². The molecular weight excluding hydrogens is 248 g/mol. The molecule has 0 bridgehead atoms. The molecule has 1 saturated heterocycles. The van der Waals surface area contributed by atoms with Crippen LogP contribution in [0.25, 0.3) is 0 Å². The molecule has 0 spiro atoms. The Morgan fingerprint density at radius 2 is 1.65 bits per heavy atom. The van der Waals surface area contributed by atoms with Crippen molar-refractivity contribution in [3.63, 3.8) is 0 Å². The van der Waals surface area contributed by atoms with Gasteiger partial charge in [-0.1, -0.05) is 51.2 Å². The molecule has 0 aromatic heterocycles. The van der Waals surface area contributed by atoms with Gasteiger partial charge in [-0.05, 0) is 44.9 Å². The summed E-state index contributed by atoms with van der Waals surface area (Å²) in [5, 5.41) is 0. The van der Waals surface area contributed by atoms with E-state index in [1.807, 2.05) is 0 Å². The first-order valence-electron chi connectivity index (χ1n) is 8.67. The molecule has 1 aliphatic rings. The molecule has 0 radical (unpaired) electrons. The molecule has 0 unspecified atom stereocenters. The van der Waals surface area contributed by atoms with Crippen LogP contribution < -0.4 is 0 Å². The summed E-state index contributed by atoms with van der Waals surface area (Å²) in [5.74, 6) is -0.00571. The van der Waals surface area contributed by atoms with Gasteiger partial charge in [-0.2, -0.15) is 0 Å². The fraction of sp³-hybridized carbons (Fsp3) is 0.833. The first-order valence-corrected chi connectivity index (χ1v) is 8.67. The zero-order valence-corrected chi connectivity index (χ0v) is 13.2. The monoisotopic (exact) mass is 280 g/mol. The molecule has 0 N–H and O–H groups in total. The molecule has 0 saturated carbocycles. The number of hydrogen-bond acceptors (Lipinski definition) is 2. The maximum atomic E-state index is 10.9. The SMILES string of the molecule is CCCCCCCC/C=C\CCCC[C@@H]1CCC(=O)O1. The van der Waals surface area contributed by atoms with Crippen LogP contribution in [0.15, 0.2) is 12.2 Å². The predicted molar refractivity (Wildman–Crippen MR) is 84.7 cm³/mol. The van der Waals surface area contributed by atoms with Crippen molar-refractivity contribution < 1.29 is 9.53 Å². The number of carbonyl (C=O) groups excluding carboxylic acids is 1. The Balaban J connectivity index is 1.79. The van der Waals surface area contributed by atoms with Gasteiger partial charge in [0.1, 0.15) is 6.10 Å². The number of allylic oxidation sites excluding steroid dienone is 2. The summed E-state index contributed by atoms with van der Waals surface area (Å²) >= 11 is 0. The van der Waals surface area contributed by atoms with E-state index in [4.69, 9.17) is 4.74 Å². The van der Waals surface area contributed by atoms with Gasteiger partial charge in [-0.15, -0.1) is 0 Å². The summed E-state index contributed by atoms with van der Waals surface area (Å²) in [4.78, 5) is 10.9. The van der Waals surface area contributed by atoms with E-state index < -0.39 is 0 Å². The largest absolute Gasteiger partial charge is 0.462 e. The lowest BCUT2D eigenvalue weighted by Gasteiger charge is -2.07. The molecule has 0 amide bonds. The van der Waals surface area contributed by atoms with E-state index in [1.54, 1.807) is 0 Å². The van der Waals surface area contributed by atoms with Crippen molar-refractivity contribution in [2.24, 2.45) is 0 Å². The fourth-order valence-electron chi connectivity index (χ4n) is 2.70. The van der Waals surface area contributed by atoms with Crippen molar-refractivity contribution in [1.29, 1.82) is 0 Å². The van der Waals surface area contributed by atoms with Crippen molar-refractivity contribution in [3.8, 4) is 0 Å². The molecule has 0 aromatic rings. The van der Waals surface area contributed by atoms with E-state index in [2.05, 4.69) is 19.1 Å². The molecule has 1 atom stereocenters. The lowest BCUT2D eigenvalue weighted by Crippen LogP contribution is -2.05. The molecule has 1 rings (SSSR count). The lowest BCUT2D eigenvalue weighted by atomic mass is 10.1. The van der Waals surface area contributed by atoms with Gasteiger partial charge < -0.3 is 4.74 Å². The zero-order valence-electron chi connectivity index (χ0n) is 13.2. The van der Waals surface area contributed by atoms with Crippen molar-refractivity contribution in [2.75, 3.05) is 0 Å². The molecule has 0 aromatic carbocycles. The molecule has 0 aliphatic carbocycles. The zero-order chi connectivity index (χ0) is 14.5. The summed E-state index contributed by atoms with van der Waals surface area (Å²) < 4.78 is 5.20. The molecule has 1 heterocycles. The maximum Gasteiger partial charge on any atom is 0.306 e. The van der Waals surface area contributed by atoms with Gasteiger partial charge in [0, 0.05) is 6.42 Å². The van der Waals surface area contributed by atoms with Crippen LogP contribution in [0.3, 0.4) is 0 Å². The average Bonchev–Trinajstić information content (AvgIpc) is 2.86. The van der Waals surface area contributed by atoms with Crippen molar-refractivity contribution in [1.82, 2.24) is 0 Å².